The minimum Gasteiger partial charge on any atom is -1.00 e. The highest BCUT2D eigenvalue weighted by Gasteiger charge is 1.98. The molecule has 72 valence electrons. The second-order valence-electron chi connectivity index (χ2n) is 2.93. The van der Waals surface area contributed by atoms with Crippen LogP contribution in [0.1, 0.15) is 19.3 Å². The van der Waals surface area contributed by atoms with Crippen LogP contribution in [0, 0.1) is 11.3 Å². The van der Waals surface area contributed by atoms with Crippen molar-refractivity contribution in [1.29, 1.82) is 5.26 Å². The summed E-state index contributed by atoms with van der Waals surface area (Å²) in [5.41, 5.74) is 0. The molecule has 0 N–H and O–H groups in total. The molecule has 1 rings (SSSR count). The molecule has 0 saturated heterocycles. The van der Waals surface area contributed by atoms with Crippen molar-refractivity contribution in [3.8, 4) is 6.07 Å². The maximum absolute atomic E-state index is 8.31. The molecule has 1 aromatic heterocycles. The highest BCUT2D eigenvalue weighted by molar-refractivity contribution is 4.69. The number of halogens is 1. The fraction of sp³-hybridized carbons (Fsp3) is 0.556. The average Bonchev–Trinajstić information content (AvgIpc) is 2.45. The number of nitriles is 1. The molecule has 0 radical (unpaired) electrons. The summed E-state index contributed by atoms with van der Waals surface area (Å²) in [7, 11) is 2.01. The smallest absolute Gasteiger partial charge is 0.243 e. The van der Waals surface area contributed by atoms with Crippen LogP contribution in [0.3, 0.4) is 0 Å². The lowest BCUT2D eigenvalue weighted by Crippen LogP contribution is -3.00. The summed E-state index contributed by atoms with van der Waals surface area (Å²) in [6.45, 7) is 1.02. The fourth-order valence-corrected chi connectivity index (χ4v) is 1.13. The van der Waals surface area contributed by atoms with E-state index in [0.717, 1.165) is 19.4 Å². The minimum atomic E-state index is 0. The molecule has 0 aliphatic carbocycles. The number of hydrogen-bond donors (Lipinski definition) is 0. The molecule has 0 aliphatic rings. The van der Waals surface area contributed by atoms with Crippen molar-refractivity contribution in [1.82, 2.24) is 4.57 Å². The molecule has 13 heavy (non-hydrogen) atoms. The number of aromatic nitrogens is 2. The van der Waals surface area contributed by atoms with Crippen molar-refractivity contribution in [2.75, 3.05) is 0 Å². The summed E-state index contributed by atoms with van der Waals surface area (Å²) in [6, 6.07) is 2.14. The lowest BCUT2D eigenvalue weighted by molar-refractivity contribution is -0.671. The van der Waals surface area contributed by atoms with Crippen LogP contribution in [-0.2, 0) is 13.6 Å². The molecule has 0 saturated carbocycles. The molecule has 1 aromatic rings. The van der Waals surface area contributed by atoms with E-state index in [1.165, 1.54) is 0 Å². The van der Waals surface area contributed by atoms with Crippen molar-refractivity contribution < 1.29 is 17.0 Å². The zero-order valence-corrected chi connectivity index (χ0v) is 8.54. The van der Waals surface area contributed by atoms with E-state index in [2.05, 4.69) is 10.6 Å². The van der Waals surface area contributed by atoms with E-state index >= 15 is 0 Å². The first-order valence-electron chi connectivity index (χ1n) is 4.21. The minimum absolute atomic E-state index is 0. The highest BCUT2D eigenvalue weighted by Crippen LogP contribution is 1.96. The van der Waals surface area contributed by atoms with Gasteiger partial charge in [-0.05, 0) is 12.8 Å². The van der Waals surface area contributed by atoms with Gasteiger partial charge in [0.2, 0.25) is 6.33 Å². The molecule has 0 unspecified atom stereocenters. The Hall–Kier alpha value is -1.01. The summed E-state index contributed by atoms with van der Waals surface area (Å²) in [5.74, 6) is 0. The average molecular weight is 200 g/mol. The number of hydrogen-bond acceptors (Lipinski definition) is 1. The molecular formula is C9H14ClN3. The SMILES string of the molecule is C[n+]1ccn(CCCCC#N)c1.[Cl-]. The quantitative estimate of drug-likeness (QED) is 0.408. The Balaban J connectivity index is 0.00000144. The van der Waals surface area contributed by atoms with Gasteiger partial charge in [0, 0.05) is 6.42 Å². The van der Waals surface area contributed by atoms with Gasteiger partial charge in [0.25, 0.3) is 0 Å². The second-order valence-corrected chi connectivity index (χ2v) is 2.93. The summed E-state index contributed by atoms with van der Waals surface area (Å²) in [4.78, 5) is 0. The van der Waals surface area contributed by atoms with Gasteiger partial charge in [-0.2, -0.15) is 5.26 Å². The molecular weight excluding hydrogens is 186 g/mol. The first-order valence-corrected chi connectivity index (χ1v) is 4.21. The number of rotatable bonds is 4. The van der Waals surface area contributed by atoms with Gasteiger partial charge >= 0.3 is 0 Å². The van der Waals surface area contributed by atoms with Crippen molar-refractivity contribution in [3.05, 3.63) is 18.7 Å². The first kappa shape index (κ1) is 12.0. The Morgan fingerprint density at radius 1 is 1.46 bits per heavy atom. The van der Waals surface area contributed by atoms with Gasteiger partial charge in [0.15, 0.2) is 0 Å². The summed E-state index contributed by atoms with van der Waals surface area (Å²) in [6.07, 6.45) is 8.87. The number of nitrogens with zero attached hydrogens (tertiary/aromatic N) is 3. The van der Waals surface area contributed by atoms with E-state index in [1.807, 2.05) is 30.3 Å². The normalized spacial score (nSPS) is 8.92. The van der Waals surface area contributed by atoms with Gasteiger partial charge in [-0.1, -0.05) is 0 Å². The molecule has 0 aromatic carbocycles. The van der Waals surface area contributed by atoms with E-state index in [-0.39, 0.29) is 12.4 Å². The molecule has 0 spiro atoms. The summed E-state index contributed by atoms with van der Waals surface area (Å²) < 4.78 is 4.15. The number of unbranched alkanes of at least 4 members (excludes halogenated alkanes) is 2. The zero-order chi connectivity index (χ0) is 8.81. The predicted molar refractivity (Wildman–Crippen MR) is 45.1 cm³/mol. The van der Waals surface area contributed by atoms with Crippen molar-refractivity contribution in [2.45, 2.75) is 25.8 Å². The van der Waals surface area contributed by atoms with E-state index in [0.29, 0.717) is 6.42 Å². The monoisotopic (exact) mass is 199 g/mol. The van der Waals surface area contributed by atoms with Gasteiger partial charge in [-0.15, -0.1) is 0 Å². The lowest BCUT2D eigenvalue weighted by atomic mass is 10.2. The van der Waals surface area contributed by atoms with Gasteiger partial charge in [0.1, 0.15) is 12.4 Å². The van der Waals surface area contributed by atoms with Gasteiger partial charge in [-0.25, -0.2) is 9.13 Å². The van der Waals surface area contributed by atoms with Gasteiger partial charge in [-0.3, -0.25) is 0 Å². The fourth-order valence-electron chi connectivity index (χ4n) is 1.13. The molecule has 3 nitrogen and oxygen atoms in total. The largest absolute Gasteiger partial charge is 1.00 e. The van der Waals surface area contributed by atoms with Crippen LogP contribution in [0.15, 0.2) is 18.7 Å². The van der Waals surface area contributed by atoms with E-state index < -0.39 is 0 Å². The third-order valence-corrected chi connectivity index (χ3v) is 1.78. The molecule has 0 amide bonds. The van der Waals surface area contributed by atoms with Crippen LogP contribution in [-0.4, -0.2) is 4.57 Å². The van der Waals surface area contributed by atoms with Crippen LogP contribution in [0.25, 0.3) is 0 Å². The van der Waals surface area contributed by atoms with Crippen LogP contribution in [0.5, 0.6) is 0 Å². The van der Waals surface area contributed by atoms with Crippen molar-refractivity contribution >= 4 is 0 Å². The molecule has 0 fully saturated rings. The molecule has 0 bridgehead atoms. The Morgan fingerprint density at radius 2 is 2.23 bits per heavy atom. The Morgan fingerprint density at radius 3 is 2.77 bits per heavy atom. The first-order chi connectivity index (χ1) is 5.83. The lowest BCUT2D eigenvalue weighted by Gasteiger charge is -1.92. The maximum atomic E-state index is 8.31. The predicted octanol–water partition coefficient (Wildman–Crippen LogP) is -1.99. The third kappa shape index (κ3) is 4.54. The Labute approximate surface area is 85.0 Å². The molecule has 0 atom stereocenters. The summed E-state index contributed by atoms with van der Waals surface area (Å²) in [5, 5.41) is 8.31. The van der Waals surface area contributed by atoms with E-state index in [9.17, 15) is 0 Å². The second kappa shape index (κ2) is 6.50. The van der Waals surface area contributed by atoms with E-state index in [1.54, 1.807) is 0 Å². The van der Waals surface area contributed by atoms with Crippen LogP contribution in [0.4, 0.5) is 0 Å². The topological polar surface area (TPSA) is 32.6 Å². The van der Waals surface area contributed by atoms with Crippen molar-refractivity contribution in [2.24, 2.45) is 7.05 Å². The Bertz CT molecular complexity index is 275. The number of aryl methyl sites for hydroxylation is 2. The van der Waals surface area contributed by atoms with E-state index in [4.69, 9.17) is 5.26 Å². The maximum Gasteiger partial charge on any atom is 0.243 e. The van der Waals surface area contributed by atoms with Crippen LogP contribution < -0.4 is 17.0 Å². The van der Waals surface area contributed by atoms with Crippen LogP contribution >= 0.6 is 0 Å². The Kier molecular flexibility index (Phi) is 5.99. The highest BCUT2D eigenvalue weighted by atomic mass is 35.5. The zero-order valence-electron chi connectivity index (χ0n) is 7.78. The molecule has 1 heterocycles. The third-order valence-electron chi connectivity index (χ3n) is 1.78. The number of imidazole rings is 1. The van der Waals surface area contributed by atoms with Crippen LogP contribution in [0.2, 0.25) is 0 Å². The summed E-state index contributed by atoms with van der Waals surface area (Å²) >= 11 is 0. The standard InChI is InChI=1S/C9H14N3.ClH/c1-11-7-8-12(9-11)6-4-2-3-5-10;/h7-9H,2-4,6H2,1H3;1H/q+1;/p-1. The molecule has 0 aliphatic heterocycles. The molecule has 4 heteroatoms. The van der Waals surface area contributed by atoms with Crippen molar-refractivity contribution in [3.63, 3.8) is 0 Å². The van der Waals surface area contributed by atoms with Gasteiger partial charge < -0.3 is 12.4 Å². The van der Waals surface area contributed by atoms with Gasteiger partial charge in [0.05, 0.1) is 19.7 Å².